The Hall–Kier alpha value is -2.30. The van der Waals surface area contributed by atoms with Gasteiger partial charge in [-0.15, -0.1) is 0 Å². The van der Waals surface area contributed by atoms with Gasteiger partial charge in [0.1, 0.15) is 27.1 Å². The molecule has 0 amide bonds. The van der Waals surface area contributed by atoms with Crippen LogP contribution in [0.1, 0.15) is 35.5 Å². The number of hydrogen-bond acceptors (Lipinski definition) is 7. The minimum absolute atomic E-state index is 0.0215. The Balaban J connectivity index is 2.03. The van der Waals surface area contributed by atoms with Gasteiger partial charge in [-0.3, -0.25) is 4.68 Å². The lowest BCUT2D eigenvalue weighted by Crippen LogP contribution is -2.39. The number of benzene rings is 1. The lowest BCUT2D eigenvalue weighted by Gasteiger charge is -2.33. The predicted octanol–water partition coefficient (Wildman–Crippen LogP) is 2.19. The molecule has 11 heteroatoms. The summed E-state index contributed by atoms with van der Waals surface area (Å²) in [7, 11) is -1.14. The number of phenolic OH excluding ortho intramolecular Hbond substituents is 1. The van der Waals surface area contributed by atoms with Crippen LogP contribution in [0.4, 0.5) is 0 Å². The van der Waals surface area contributed by atoms with Crippen LogP contribution in [0.2, 0.25) is 5.15 Å². The minimum Gasteiger partial charge on any atom is -0.508 e. The molecule has 0 aliphatic carbocycles. The number of ether oxygens (including phenoxy) is 2. The van der Waals surface area contributed by atoms with E-state index in [1.54, 1.807) is 13.8 Å². The molecule has 0 bridgehead atoms. The number of aromatic hydroxyl groups is 1. The van der Waals surface area contributed by atoms with Crippen LogP contribution in [0.15, 0.2) is 17.0 Å². The van der Waals surface area contributed by atoms with Crippen molar-refractivity contribution >= 4 is 27.6 Å². The number of fused-ring (bicyclic) bond motifs is 1. The molecule has 2 heterocycles. The molecule has 0 saturated heterocycles. The van der Waals surface area contributed by atoms with Crippen LogP contribution < -0.4 is 4.74 Å². The SMILES string of the molecule is Cc1nn(C)c(Cl)c1S(=O)(=O)N(C)Cc1cc(O)cc2c1C(=O)OC(C)(C)O2. The molecule has 28 heavy (non-hydrogen) atoms. The van der Waals surface area contributed by atoms with E-state index in [4.69, 9.17) is 21.1 Å². The summed E-state index contributed by atoms with van der Waals surface area (Å²) in [5.41, 5.74) is 0.550. The van der Waals surface area contributed by atoms with Gasteiger partial charge in [0.2, 0.25) is 15.8 Å². The highest BCUT2D eigenvalue weighted by Crippen LogP contribution is 2.37. The zero-order chi connectivity index (χ0) is 21.0. The van der Waals surface area contributed by atoms with Crippen molar-refractivity contribution in [3.8, 4) is 11.5 Å². The number of esters is 1. The van der Waals surface area contributed by atoms with E-state index in [0.717, 1.165) is 4.31 Å². The van der Waals surface area contributed by atoms with E-state index in [-0.39, 0.29) is 44.9 Å². The molecule has 1 aliphatic rings. The van der Waals surface area contributed by atoms with Crippen LogP contribution in [-0.4, -0.2) is 46.4 Å². The average Bonchev–Trinajstić information content (AvgIpc) is 2.77. The number of carbonyl (C=O) groups is 1. The van der Waals surface area contributed by atoms with Gasteiger partial charge in [-0.2, -0.15) is 9.40 Å². The van der Waals surface area contributed by atoms with Crippen LogP contribution >= 0.6 is 11.6 Å². The van der Waals surface area contributed by atoms with Gasteiger partial charge in [0.15, 0.2) is 0 Å². The lowest BCUT2D eigenvalue weighted by atomic mass is 10.0. The summed E-state index contributed by atoms with van der Waals surface area (Å²) in [6.45, 7) is 4.43. The van der Waals surface area contributed by atoms with Crippen molar-refractivity contribution in [1.82, 2.24) is 14.1 Å². The number of nitrogens with zero attached hydrogens (tertiary/aromatic N) is 3. The average molecular weight is 430 g/mol. The standard InChI is InChI=1S/C17H20ClN3O6S/c1-9-14(15(18)21(5)19-9)28(24,25)20(4)8-10-6-11(22)7-12-13(10)16(23)27-17(2,3)26-12/h6-7,22H,8H2,1-5H3. The number of carbonyl (C=O) groups excluding carboxylic acids is 1. The first-order valence-electron chi connectivity index (χ1n) is 8.27. The zero-order valence-electron chi connectivity index (χ0n) is 16.0. The molecule has 0 radical (unpaired) electrons. The fraction of sp³-hybridized carbons (Fsp3) is 0.412. The fourth-order valence-corrected chi connectivity index (χ4v) is 4.89. The molecule has 2 aromatic rings. The van der Waals surface area contributed by atoms with Crippen LogP contribution in [0.25, 0.3) is 0 Å². The molecule has 0 fully saturated rings. The summed E-state index contributed by atoms with van der Waals surface area (Å²) in [5, 5.41) is 14.0. The number of aromatic nitrogens is 2. The molecule has 1 aromatic carbocycles. The fourth-order valence-electron chi connectivity index (χ4n) is 3.04. The number of cyclic esters (lactones) is 1. The highest BCUT2D eigenvalue weighted by atomic mass is 35.5. The Morgan fingerprint density at radius 2 is 1.96 bits per heavy atom. The molecule has 3 rings (SSSR count). The molecule has 0 spiro atoms. The molecule has 9 nitrogen and oxygen atoms in total. The van der Waals surface area contributed by atoms with Crippen LogP contribution in [-0.2, 0) is 28.4 Å². The smallest absolute Gasteiger partial charge is 0.345 e. The van der Waals surface area contributed by atoms with Crippen molar-refractivity contribution in [2.45, 2.75) is 38.0 Å². The molecular weight excluding hydrogens is 410 g/mol. The van der Waals surface area contributed by atoms with E-state index in [0.29, 0.717) is 0 Å². The number of rotatable bonds is 4. The molecule has 152 valence electrons. The summed E-state index contributed by atoms with van der Waals surface area (Å²) in [6.07, 6.45) is 0. The van der Waals surface area contributed by atoms with E-state index in [1.807, 2.05) is 0 Å². The van der Waals surface area contributed by atoms with Gasteiger partial charge in [0, 0.05) is 40.6 Å². The first-order chi connectivity index (χ1) is 12.8. The number of phenols is 1. The molecule has 1 aliphatic heterocycles. The minimum atomic E-state index is -4.01. The van der Waals surface area contributed by atoms with Crippen molar-refractivity contribution in [3.05, 3.63) is 34.1 Å². The lowest BCUT2D eigenvalue weighted by molar-refractivity contribution is -0.127. The van der Waals surface area contributed by atoms with Gasteiger partial charge < -0.3 is 14.6 Å². The molecule has 1 N–H and O–H groups in total. The summed E-state index contributed by atoms with van der Waals surface area (Å²) in [6, 6.07) is 2.59. The first kappa shape index (κ1) is 20.4. The van der Waals surface area contributed by atoms with Gasteiger partial charge in [0.05, 0.1) is 5.69 Å². The van der Waals surface area contributed by atoms with Crippen molar-refractivity contribution < 1.29 is 27.8 Å². The maximum Gasteiger partial charge on any atom is 0.345 e. The maximum absolute atomic E-state index is 13.0. The summed E-state index contributed by atoms with van der Waals surface area (Å²) in [4.78, 5) is 12.3. The van der Waals surface area contributed by atoms with Crippen molar-refractivity contribution in [2.24, 2.45) is 7.05 Å². The number of aryl methyl sites for hydroxylation is 2. The predicted molar refractivity (Wildman–Crippen MR) is 99.8 cm³/mol. The van der Waals surface area contributed by atoms with E-state index in [9.17, 15) is 18.3 Å². The Morgan fingerprint density at radius 1 is 1.32 bits per heavy atom. The summed E-state index contributed by atoms with van der Waals surface area (Å²) < 4.78 is 39.1. The second-order valence-electron chi connectivity index (χ2n) is 6.96. The quantitative estimate of drug-likeness (QED) is 0.741. The highest BCUT2D eigenvalue weighted by Gasteiger charge is 2.37. The number of hydrogen-bond donors (Lipinski definition) is 1. The number of halogens is 1. The third kappa shape index (κ3) is 3.43. The largest absolute Gasteiger partial charge is 0.508 e. The van der Waals surface area contributed by atoms with Gasteiger partial charge >= 0.3 is 5.97 Å². The van der Waals surface area contributed by atoms with Crippen LogP contribution in [0.3, 0.4) is 0 Å². The summed E-state index contributed by atoms with van der Waals surface area (Å²) in [5.74, 6) is -1.91. The normalized spacial score (nSPS) is 15.9. The Kier molecular flexibility index (Phi) is 4.85. The van der Waals surface area contributed by atoms with Crippen molar-refractivity contribution in [1.29, 1.82) is 0 Å². The highest BCUT2D eigenvalue weighted by molar-refractivity contribution is 7.89. The third-order valence-corrected chi connectivity index (χ3v) is 6.73. The third-order valence-electron chi connectivity index (χ3n) is 4.23. The van der Waals surface area contributed by atoms with Crippen molar-refractivity contribution in [3.63, 3.8) is 0 Å². The van der Waals surface area contributed by atoms with Gasteiger partial charge in [-0.1, -0.05) is 11.6 Å². The van der Waals surface area contributed by atoms with Gasteiger partial charge in [-0.25, -0.2) is 13.2 Å². The molecule has 0 atom stereocenters. The van der Waals surface area contributed by atoms with Crippen molar-refractivity contribution in [2.75, 3.05) is 7.05 Å². The second kappa shape index (κ2) is 6.64. The van der Waals surface area contributed by atoms with E-state index < -0.39 is 21.8 Å². The van der Waals surface area contributed by atoms with Gasteiger partial charge in [-0.05, 0) is 18.6 Å². The first-order valence-corrected chi connectivity index (χ1v) is 10.1. The Bertz CT molecular complexity index is 1080. The van der Waals surface area contributed by atoms with E-state index >= 15 is 0 Å². The topological polar surface area (TPSA) is 111 Å². The second-order valence-corrected chi connectivity index (χ2v) is 9.30. The molecule has 1 aromatic heterocycles. The van der Waals surface area contributed by atoms with Crippen LogP contribution in [0, 0.1) is 6.92 Å². The molecular formula is C17H20ClN3O6S. The summed E-state index contributed by atoms with van der Waals surface area (Å²) >= 11 is 6.10. The van der Waals surface area contributed by atoms with Crippen LogP contribution in [0.5, 0.6) is 11.5 Å². The Morgan fingerprint density at radius 3 is 2.54 bits per heavy atom. The maximum atomic E-state index is 13.0. The van der Waals surface area contributed by atoms with Gasteiger partial charge in [0.25, 0.3) is 0 Å². The van der Waals surface area contributed by atoms with E-state index in [1.165, 1.54) is 37.8 Å². The Labute approximate surface area is 167 Å². The molecule has 0 unspecified atom stereocenters. The monoisotopic (exact) mass is 429 g/mol. The number of sulfonamides is 1. The molecule has 0 saturated carbocycles. The zero-order valence-corrected chi connectivity index (χ0v) is 17.6. The van der Waals surface area contributed by atoms with E-state index in [2.05, 4.69) is 5.10 Å².